The van der Waals surface area contributed by atoms with Gasteiger partial charge in [-0.05, 0) is 37.0 Å². The number of nitrogens with one attached hydrogen (secondary N) is 1. The number of para-hydroxylation sites is 1. The minimum absolute atomic E-state index is 0.0331. The second kappa shape index (κ2) is 8.26. The van der Waals surface area contributed by atoms with Crippen LogP contribution in [0.4, 0.5) is 10.5 Å². The molecule has 1 saturated heterocycles. The average molecular weight is 351 g/mol. The zero-order valence-corrected chi connectivity index (χ0v) is 16.1. The molecule has 0 spiro atoms. The lowest BCUT2D eigenvalue weighted by molar-refractivity contribution is 0.194. The molecule has 0 bridgehead atoms. The Morgan fingerprint density at radius 3 is 2.35 bits per heavy atom. The van der Waals surface area contributed by atoms with Gasteiger partial charge in [-0.1, -0.05) is 55.0 Å². The van der Waals surface area contributed by atoms with Gasteiger partial charge in [0.15, 0.2) is 0 Å². The van der Waals surface area contributed by atoms with Crippen molar-refractivity contribution < 1.29 is 4.79 Å². The van der Waals surface area contributed by atoms with E-state index in [1.807, 2.05) is 4.90 Å². The van der Waals surface area contributed by atoms with Crippen molar-refractivity contribution in [1.82, 2.24) is 10.2 Å². The van der Waals surface area contributed by atoms with Gasteiger partial charge >= 0.3 is 6.03 Å². The Bertz CT molecular complexity index is 746. The summed E-state index contributed by atoms with van der Waals surface area (Å²) in [4.78, 5) is 16.8. The van der Waals surface area contributed by atoms with Crippen molar-refractivity contribution in [3.63, 3.8) is 0 Å². The van der Waals surface area contributed by atoms with Gasteiger partial charge < -0.3 is 15.1 Å². The normalized spacial score (nSPS) is 14.4. The molecule has 1 fully saturated rings. The van der Waals surface area contributed by atoms with E-state index in [0.29, 0.717) is 6.54 Å². The highest BCUT2D eigenvalue weighted by molar-refractivity contribution is 5.74. The highest BCUT2D eigenvalue weighted by Crippen LogP contribution is 2.26. The molecular weight excluding hydrogens is 322 g/mol. The summed E-state index contributed by atoms with van der Waals surface area (Å²) in [5, 5.41) is 3.05. The predicted molar refractivity (Wildman–Crippen MR) is 108 cm³/mol. The van der Waals surface area contributed by atoms with E-state index < -0.39 is 0 Å². The summed E-state index contributed by atoms with van der Waals surface area (Å²) < 4.78 is 0. The monoisotopic (exact) mass is 351 g/mol. The minimum atomic E-state index is 0.0331. The Morgan fingerprint density at radius 1 is 1.00 bits per heavy atom. The van der Waals surface area contributed by atoms with Crippen molar-refractivity contribution in [3.05, 3.63) is 64.7 Å². The van der Waals surface area contributed by atoms with Gasteiger partial charge in [0.05, 0.1) is 0 Å². The first kappa shape index (κ1) is 18.3. The molecule has 0 atom stereocenters. The van der Waals surface area contributed by atoms with E-state index in [0.717, 1.165) is 38.2 Å². The summed E-state index contributed by atoms with van der Waals surface area (Å²) >= 11 is 0. The maximum absolute atomic E-state index is 12.5. The highest BCUT2D eigenvalue weighted by atomic mass is 16.2. The van der Waals surface area contributed by atoms with Gasteiger partial charge in [0.2, 0.25) is 0 Å². The van der Waals surface area contributed by atoms with E-state index >= 15 is 0 Å². The summed E-state index contributed by atoms with van der Waals surface area (Å²) in [6.07, 6.45) is 1.04. The van der Waals surface area contributed by atoms with Crippen LogP contribution in [-0.4, -0.2) is 37.1 Å². The lowest BCUT2D eigenvalue weighted by Gasteiger charge is -2.37. The van der Waals surface area contributed by atoms with Crippen LogP contribution >= 0.6 is 0 Å². The number of urea groups is 1. The fourth-order valence-corrected chi connectivity index (χ4v) is 3.59. The largest absolute Gasteiger partial charge is 0.368 e. The van der Waals surface area contributed by atoms with Crippen molar-refractivity contribution in [2.24, 2.45) is 0 Å². The molecule has 3 rings (SSSR count). The number of carbonyl (C=O) groups excluding carboxylic acids is 1. The first-order chi connectivity index (χ1) is 12.6. The number of benzene rings is 2. The molecule has 0 aliphatic carbocycles. The van der Waals surface area contributed by atoms with Gasteiger partial charge in [0.25, 0.3) is 0 Å². The Morgan fingerprint density at radius 2 is 1.69 bits per heavy atom. The lowest BCUT2D eigenvalue weighted by Crippen LogP contribution is -2.52. The zero-order valence-electron chi connectivity index (χ0n) is 16.1. The molecule has 1 N–H and O–H groups in total. The third-order valence-electron chi connectivity index (χ3n) is 5.15. The van der Waals surface area contributed by atoms with E-state index in [1.165, 1.54) is 22.4 Å². The number of rotatable bonds is 4. The molecule has 1 aliphatic rings. The molecule has 1 aliphatic heterocycles. The van der Waals surface area contributed by atoms with Crippen LogP contribution in [0.15, 0.2) is 42.5 Å². The smallest absolute Gasteiger partial charge is 0.317 e. The molecule has 0 radical (unpaired) electrons. The lowest BCUT2D eigenvalue weighted by atomic mass is 10.0. The molecule has 138 valence electrons. The average Bonchev–Trinajstić information content (AvgIpc) is 2.67. The molecule has 26 heavy (non-hydrogen) atoms. The fraction of sp³-hybridized carbons (Fsp3) is 0.409. The minimum Gasteiger partial charge on any atom is -0.368 e. The fourth-order valence-electron chi connectivity index (χ4n) is 3.59. The first-order valence-corrected chi connectivity index (χ1v) is 9.50. The summed E-state index contributed by atoms with van der Waals surface area (Å²) in [6, 6.07) is 14.8. The van der Waals surface area contributed by atoms with Crippen LogP contribution in [0.3, 0.4) is 0 Å². The standard InChI is InChI=1S/C22H29N3O/c1-4-20-7-5-6-18(3)21(20)24-12-14-25(15-13-24)22(26)23-16-19-10-8-17(2)9-11-19/h5-11H,4,12-16H2,1-3H3,(H,23,26). The molecule has 2 aromatic carbocycles. The second-order valence-corrected chi connectivity index (χ2v) is 7.05. The predicted octanol–water partition coefficient (Wildman–Crippen LogP) is 3.90. The molecule has 1 heterocycles. The van der Waals surface area contributed by atoms with Gasteiger partial charge in [-0.3, -0.25) is 0 Å². The number of aryl methyl sites for hydroxylation is 3. The highest BCUT2D eigenvalue weighted by Gasteiger charge is 2.23. The van der Waals surface area contributed by atoms with E-state index in [9.17, 15) is 4.79 Å². The van der Waals surface area contributed by atoms with Gasteiger partial charge in [-0.25, -0.2) is 4.79 Å². The van der Waals surface area contributed by atoms with Crippen molar-refractivity contribution in [2.45, 2.75) is 33.7 Å². The van der Waals surface area contributed by atoms with Crippen LogP contribution in [0.1, 0.15) is 29.2 Å². The van der Waals surface area contributed by atoms with E-state index in [2.05, 4.69) is 73.5 Å². The number of hydrogen-bond donors (Lipinski definition) is 1. The first-order valence-electron chi connectivity index (χ1n) is 9.50. The van der Waals surface area contributed by atoms with E-state index in [-0.39, 0.29) is 6.03 Å². The van der Waals surface area contributed by atoms with Crippen LogP contribution in [-0.2, 0) is 13.0 Å². The summed E-state index contributed by atoms with van der Waals surface area (Å²) in [5.41, 5.74) is 6.44. The quantitative estimate of drug-likeness (QED) is 0.907. The molecule has 0 aromatic heterocycles. The SMILES string of the molecule is CCc1cccc(C)c1N1CCN(C(=O)NCc2ccc(C)cc2)CC1. The Balaban J connectivity index is 1.55. The van der Waals surface area contributed by atoms with Gasteiger partial charge in [-0.15, -0.1) is 0 Å². The van der Waals surface area contributed by atoms with Gasteiger partial charge in [0.1, 0.15) is 0 Å². The number of nitrogens with zero attached hydrogens (tertiary/aromatic N) is 2. The molecule has 2 amide bonds. The number of anilines is 1. The van der Waals surface area contributed by atoms with Crippen LogP contribution in [0.25, 0.3) is 0 Å². The maximum atomic E-state index is 12.5. The van der Waals surface area contributed by atoms with Crippen molar-refractivity contribution in [2.75, 3.05) is 31.1 Å². The summed E-state index contributed by atoms with van der Waals surface area (Å²) in [5.74, 6) is 0. The maximum Gasteiger partial charge on any atom is 0.317 e. The van der Waals surface area contributed by atoms with Crippen molar-refractivity contribution in [3.8, 4) is 0 Å². The third-order valence-corrected chi connectivity index (χ3v) is 5.15. The van der Waals surface area contributed by atoms with E-state index in [1.54, 1.807) is 0 Å². The molecular formula is C22H29N3O. The molecule has 0 unspecified atom stereocenters. The van der Waals surface area contributed by atoms with Crippen LogP contribution < -0.4 is 10.2 Å². The number of piperazine rings is 1. The Kier molecular flexibility index (Phi) is 5.82. The number of amides is 2. The van der Waals surface area contributed by atoms with Crippen molar-refractivity contribution in [1.29, 1.82) is 0 Å². The molecule has 4 heteroatoms. The molecule has 2 aromatic rings. The Labute approximate surface area is 156 Å². The van der Waals surface area contributed by atoms with Crippen LogP contribution in [0.2, 0.25) is 0 Å². The molecule has 0 saturated carbocycles. The number of carbonyl (C=O) groups is 1. The number of hydrogen-bond acceptors (Lipinski definition) is 2. The summed E-state index contributed by atoms with van der Waals surface area (Å²) in [6.45, 7) is 10.3. The third kappa shape index (κ3) is 4.18. The Hall–Kier alpha value is -2.49. The zero-order chi connectivity index (χ0) is 18.5. The van der Waals surface area contributed by atoms with Crippen molar-refractivity contribution >= 4 is 11.7 Å². The van der Waals surface area contributed by atoms with Gasteiger partial charge in [-0.2, -0.15) is 0 Å². The second-order valence-electron chi connectivity index (χ2n) is 7.05. The van der Waals surface area contributed by atoms with Gasteiger partial charge in [0, 0.05) is 38.4 Å². The van der Waals surface area contributed by atoms with Crippen LogP contribution in [0, 0.1) is 13.8 Å². The molecule has 4 nitrogen and oxygen atoms in total. The van der Waals surface area contributed by atoms with E-state index in [4.69, 9.17) is 0 Å². The summed E-state index contributed by atoms with van der Waals surface area (Å²) in [7, 11) is 0. The topological polar surface area (TPSA) is 35.6 Å². The van der Waals surface area contributed by atoms with Crippen LogP contribution in [0.5, 0.6) is 0 Å².